The van der Waals surface area contributed by atoms with Crippen molar-refractivity contribution in [2.75, 3.05) is 11.9 Å². The Balaban J connectivity index is 1.88. The molecule has 0 aromatic heterocycles. The fourth-order valence-electron chi connectivity index (χ4n) is 4.26. The molecule has 0 N–H and O–H groups in total. The number of ketones is 1. The number of alkyl halides is 2. The predicted molar refractivity (Wildman–Crippen MR) is 107 cm³/mol. The van der Waals surface area contributed by atoms with Crippen molar-refractivity contribution < 1.29 is 18.4 Å². The molecular weight excluding hydrogens is 388 g/mol. The van der Waals surface area contributed by atoms with E-state index in [2.05, 4.69) is 6.07 Å². The van der Waals surface area contributed by atoms with Gasteiger partial charge < -0.3 is 4.90 Å². The highest BCUT2D eigenvalue weighted by Gasteiger charge is 2.44. The molecule has 2 aliphatic rings. The zero-order valence-corrected chi connectivity index (χ0v) is 16.5. The third-order valence-corrected chi connectivity index (χ3v) is 5.70. The van der Waals surface area contributed by atoms with Gasteiger partial charge in [-0.3, -0.25) is 9.69 Å². The third kappa shape index (κ3) is 3.05. The molecule has 4 rings (SSSR count). The molecule has 0 fully saturated rings. The predicted octanol–water partition coefficient (Wildman–Crippen LogP) is 5.03. The number of carbonyl (C=O) groups excluding carboxylic acids is 2. The summed E-state index contributed by atoms with van der Waals surface area (Å²) >= 11 is 0. The number of likely N-dealkylation sites (N-methyl/N-ethyl adjacent to an activating group) is 1. The lowest BCUT2D eigenvalue weighted by Crippen LogP contribution is -2.48. The number of hydrogen-bond donors (Lipinski definition) is 0. The Kier molecular flexibility index (Phi) is 4.86. The second kappa shape index (κ2) is 7.38. The molecule has 0 saturated carbocycles. The minimum atomic E-state index is -2.66. The van der Waals surface area contributed by atoms with Gasteiger partial charge in [0.25, 0.3) is 6.43 Å². The maximum Gasteiger partial charge on any atom is 0.329 e. The van der Waals surface area contributed by atoms with E-state index in [1.54, 1.807) is 31.3 Å². The van der Waals surface area contributed by atoms with Crippen molar-refractivity contribution in [1.29, 1.82) is 5.26 Å². The number of nitriles is 1. The van der Waals surface area contributed by atoms with Crippen LogP contribution in [0.4, 0.5) is 19.3 Å². The van der Waals surface area contributed by atoms with E-state index in [0.717, 1.165) is 11.1 Å². The molecule has 0 radical (unpaired) electrons. The number of urea groups is 1. The summed E-state index contributed by atoms with van der Waals surface area (Å²) in [5.74, 6) is -0.0619. The van der Waals surface area contributed by atoms with Crippen LogP contribution in [-0.2, 0) is 4.79 Å². The summed E-state index contributed by atoms with van der Waals surface area (Å²) in [5, 5.41) is 9.13. The van der Waals surface area contributed by atoms with Crippen LogP contribution in [0, 0.1) is 18.3 Å². The van der Waals surface area contributed by atoms with Crippen molar-refractivity contribution in [3.8, 4) is 6.07 Å². The summed E-state index contributed by atoms with van der Waals surface area (Å²) in [5.41, 5.74) is 3.28. The second-order valence-electron chi connectivity index (χ2n) is 7.49. The molecule has 0 bridgehead atoms. The summed E-state index contributed by atoms with van der Waals surface area (Å²) in [6.45, 7) is 1.84. The van der Waals surface area contributed by atoms with E-state index in [1.165, 1.54) is 28.0 Å². The number of carbonyl (C=O) groups is 2. The fraction of sp³-hybridized carbons (Fsp3) is 0.261. The van der Waals surface area contributed by atoms with Gasteiger partial charge in [0.15, 0.2) is 5.78 Å². The molecule has 1 aliphatic carbocycles. The molecule has 1 heterocycles. The van der Waals surface area contributed by atoms with Crippen molar-refractivity contribution in [2.45, 2.75) is 32.2 Å². The minimum Gasteiger partial charge on any atom is -0.316 e. The monoisotopic (exact) mass is 407 g/mol. The van der Waals surface area contributed by atoms with E-state index in [1.807, 2.05) is 6.92 Å². The molecule has 30 heavy (non-hydrogen) atoms. The van der Waals surface area contributed by atoms with Gasteiger partial charge in [-0.25, -0.2) is 13.6 Å². The number of Topliss-reactive ketones (excluding diaryl/α,β-unsaturated/α-hetero) is 1. The van der Waals surface area contributed by atoms with Crippen LogP contribution in [-0.4, -0.2) is 23.8 Å². The van der Waals surface area contributed by atoms with Crippen LogP contribution in [0.1, 0.15) is 47.6 Å². The number of benzene rings is 2. The van der Waals surface area contributed by atoms with Gasteiger partial charge in [-0.15, -0.1) is 0 Å². The highest BCUT2D eigenvalue weighted by Crippen LogP contribution is 2.45. The SMILES string of the molecule is Cc1cc(C#N)ccc1C1C2=C(CCC2=O)N(c2cccc(C(F)F)c2)C(=O)N1C. The molecule has 1 atom stereocenters. The molecular formula is C23H19F2N3O2. The Hall–Kier alpha value is -3.53. The van der Waals surface area contributed by atoms with Crippen molar-refractivity contribution >= 4 is 17.5 Å². The number of allylic oxidation sites excluding steroid dienone is 1. The Labute approximate surface area is 172 Å². The largest absolute Gasteiger partial charge is 0.329 e. The number of nitrogens with zero attached hydrogens (tertiary/aromatic N) is 3. The maximum atomic E-state index is 13.3. The standard InChI is InChI=1S/C23H19F2N3O2/c1-13-10-14(12-26)6-7-17(13)21-20-18(8-9-19(20)29)28(23(30)27(21)2)16-5-3-4-15(11-16)22(24)25/h3-7,10-11,21-22H,8-9H2,1-2H3. The molecule has 0 saturated heterocycles. The van der Waals surface area contributed by atoms with Gasteiger partial charge in [-0.1, -0.05) is 18.2 Å². The smallest absolute Gasteiger partial charge is 0.316 e. The summed E-state index contributed by atoms with van der Waals surface area (Å²) < 4.78 is 26.4. The first-order valence-electron chi connectivity index (χ1n) is 9.55. The molecule has 5 nitrogen and oxygen atoms in total. The van der Waals surface area contributed by atoms with Gasteiger partial charge in [0, 0.05) is 30.3 Å². The van der Waals surface area contributed by atoms with Crippen LogP contribution in [0.25, 0.3) is 0 Å². The van der Waals surface area contributed by atoms with Crippen molar-refractivity contribution in [3.63, 3.8) is 0 Å². The second-order valence-corrected chi connectivity index (χ2v) is 7.49. The number of rotatable bonds is 3. The van der Waals surface area contributed by atoms with Gasteiger partial charge in [0.2, 0.25) is 0 Å². The van der Waals surface area contributed by atoms with Crippen LogP contribution in [0.15, 0.2) is 53.7 Å². The molecule has 2 aromatic rings. The summed E-state index contributed by atoms with van der Waals surface area (Å²) in [6.07, 6.45) is -2.02. The average Bonchev–Trinajstić information content (AvgIpc) is 3.10. The van der Waals surface area contributed by atoms with Crippen LogP contribution in [0.5, 0.6) is 0 Å². The van der Waals surface area contributed by atoms with Crippen molar-refractivity contribution in [1.82, 2.24) is 4.90 Å². The van der Waals surface area contributed by atoms with E-state index in [-0.39, 0.29) is 23.8 Å². The Morgan fingerprint density at radius 2 is 1.90 bits per heavy atom. The van der Waals surface area contributed by atoms with E-state index in [9.17, 15) is 18.4 Å². The molecule has 2 aromatic carbocycles. The quantitative estimate of drug-likeness (QED) is 0.716. The summed E-state index contributed by atoms with van der Waals surface area (Å²) in [7, 11) is 1.60. The van der Waals surface area contributed by atoms with Crippen LogP contribution in [0.3, 0.4) is 0 Å². The van der Waals surface area contributed by atoms with Crippen molar-refractivity contribution in [2.24, 2.45) is 0 Å². The fourth-order valence-corrected chi connectivity index (χ4v) is 4.26. The highest BCUT2D eigenvalue weighted by molar-refractivity contribution is 6.08. The maximum absolute atomic E-state index is 13.3. The molecule has 1 unspecified atom stereocenters. The number of anilines is 1. The Bertz CT molecular complexity index is 1130. The van der Waals surface area contributed by atoms with E-state index < -0.39 is 12.5 Å². The van der Waals surface area contributed by atoms with Crippen LogP contribution >= 0.6 is 0 Å². The topological polar surface area (TPSA) is 64.4 Å². The normalized spacial score (nSPS) is 18.9. The van der Waals surface area contributed by atoms with Crippen molar-refractivity contribution in [3.05, 3.63) is 76.0 Å². The number of halogens is 2. The summed E-state index contributed by atoms with van der Waals surface area (Å²) in [6, 6.07) is 12.0. The zero-order chi connectivity index (χ0) is 21.6. The number of aryl methyl sites for hydroxylation is 1. The molecule has 152 valence electrons. The number of amides is 2. The van der Waals surface area contributed by atoms with Gasteiger partial charge in [-0.2, -0.15) is 5.26 Å². The molecule has 1 aliphatic heterocycles. The first-order chi connectivity index (χ1) is 14.3. The Morgan fingerprint density at radius 3 is 2.57 bits per heavy atom. The van der Waals surface area contributed by atoms with Crippen LogP contribution in [0.2, 0.25) is 0 Å². The first kappa shape index (κ1) is 19.8. The zero-order valence-electron chi connectivity index (χ0n) is 16.5. The van der Waals surface area contributed by atoms with Gasteiger partial charge in [0.05, 0.1) is 23.4 Å². The Morgan fingerprint density at radius 1 is 1.13 bits per heavy atom. The highest BCUT2D eigenvalue weighted by atomic mass is 19.3. The van der Waals surface area contributed by atoms with Gasteiger partial charge in [0.1, 0.15) is 0 Å². The lowest BCUT2D eigenvalue weighted by molar-refractivity contribution is -0.115. The minimum absolute atomic E-state index is 0.0619. The average molecular weight is 407 g/mol. The third-order valence-electron chi connectivity index (χ3n) is 5.70. The van der Waals surface area contributed by atoms with E-state index in [4.69, 9.17) is 5.26 Å². The van der Waals surface area contributed by atoms with Crippen LogP contribution < -0.4 is 4.90 Å². The summed E-state index contributed by atoms with van der Waals surface area (Å²) in [4.78, 5) is 29.0. The number of hydrogen-bond acceptors (Lipinski definition) is 3. The molecule has 0 spiro atoms. The first-order valence-corrected chi connectivity index (χ1v) is 9.55. The van der Waals surface area contributed by atoms with E-state index >= 15 is 0 Å². The van der Waals surface area contributed by atoms with E-state index in [0.29, 0.717) is 28.9 Å². The lowest BCUT2D eigenvalue weighted by atomic mass is 9.90. The lowest BCUT2D eigenvalue weighted by Gasteiger charge is -2.40. The molecule has 2 amide bonds. The molecule has 7 heteroatoms. The van der Waals surface area contributed by atoms with Gasteiger partial charge in [-0.05, 0) is 48.7 Å². The van der Waals surface area contributed by atoms with Gasteiger partial charge >= 0.3 is 6.03 Å².